The second kappa shape index (κ2) is 8.78. The molecule has 2 aliphatic heterocycles. The topological polar surface area (TPSA) is 30.9 Å². The highest BCUT2D eigenvalue weighted by Gasteiger charge is 2.28. The van der Waals surface area contributed by atoms with Gasteiger partial charge in [-0.25, -0.2) is 4.39 Å². The van der Waals surface area contributed by atoms with Crippen LogP contribution in [0.25, 0.3) is 0 Å². The molecule has 0 amide bonds. The summed E-state index contributed by atoms with van der Waals surface area (Å²) >= 11 is 0. The van der Waals surface area contributed by atoms with Crippen LogP contribution in [0.2, 0.25) is 0 Å². The fourth-order valence-electron chi connectivity index (χ4n) is 3.93. The fraction of sp³-hybridized carbons (Fsp3) is 0.571. The summed E-state index contributed by atoms with van der Waals surface area (Å²) in [6, 6.07) is 6.90. The van der Waals surface area contributed by atoms with Gasteiger partial charge in [0.05, 0.1) is 6.17 Å². The summed E-state index contributed by atoms with van der Waals surface area (Å²) in [5, 5.41) is 3.49. The van der Waals surface area contributed by atoms with E-state index in [1.165, 1.54) is 11.8 Å². The Morgan fingerprint density at radius 1 is 1.27 bits per heavy atom. The van der Waals surface area contributed by atoms with Gasteiger partial charge in [0.2, 0.25) is 0 Å². The molecule has 2 aliphatic rings. The lowest BCUT2D eigenvalue weighted by Crippen LogP contribution is -2.38. The van der Waals surface area contributed by atoms with E-state index in [2.05, 4.69) is 48.0 Å². The first-order chi connectivity index (χ1) is 12.6. The van der Waals surface area contributed by atoms with Gasteiger partial charge in [-0.3, -0.25) is 15.2 Å². The lowest BCUT2D eigenvalue weighted by atomic mass is 9.98. The van der Waals surface area contributed by atoms with Crippen molar-refractivity contribution in [2.75, 3.05) is 31.1 Å². The third-order valence-electron chi connectivity index (χ3n) is 5.53. The molecule has 5 heteroatoms. The molecule has 142 valence electrons. The molecule has 1 fully saturated rings. The van der Waals surface area contributed by atoms with Crippen molar-refractivity contribution in [2.45, 2.75) is 45.9 Å². The van der Waals surface area contributed by atoms with Crippen molar-refractivity contribution >= 4 is 11.4 Å². The Bertz CT molecular complexity index is 657. The Morgan fingerprint density at radius 3 is 2.85 bits per heavy atom. The van der Waals surface area contributed by atoms with E-state index in [-0.39, 0.29) is 18.1 Å². The van der Waals surface area contributed by atoms with Gasteiger partial charge in [-0.05, 0) is 44.2 Å². The molecule has 1 saturated heterocycles. The molecule has 0 radical (unpaired) electrons. The van der Waals surface area contributed by atoms with Crippen molar-refractivity contribution in [3.63, 3.8) is 0 Å². The summed E-state index contributed by atoms with van der Waals surface area (Å²) in [7, 11) is 0. The van der Waals surface area contributed by atoms with Gasteiger partial charge in [0.25, 0.3) is 0 Å². The van der Waals surface area contributed by atoms with Gasteiger partial charge < -0.3 is 4.90 Å². The van der Waals surface area contributed by atoms with Crippen molar-refractivity contribution in [1.29, 1.82) is 0 Å². The van der Waals surface area contributed by atoms with E-state index < -0.39 is 0 Å². The van der Waals surface area contributed by atoms with Crippen LogP contribution in [0.1, 0.15) is 33.6 Å². The molecule has 1 aromatic rings. The minimum atomic E-state index is -0.171. The molecule has 1 aromatic carbocycles. The molecular formula is C21H31FN4. The largest absolute Gasteiger partial charge is 0.355 e. The van der Waals surface area contributed by atoms with Crippen molar-refractivity contribution in [3.8, 4) is 0 Å². The second-order valence-corrected chi connectivity index (χ2v) is 7.15. The fourth-order valence-corrected chi connectivity index (χ4v) is 3.93. The molecule has 3 rings (SSSR count). The third kappa shape index (κ3) is 4.33. The van der Waals surface area contributed by atoms with Gasteiger partial charge in [0.1, 0.15) is 12.0 Å². The zero-order valence-corrected chi connectivity index (χ0v) is 16.2. The third-order valence-corrected chi connectivity index (χ3v) is 5.53. The predicted octanol–water partition coefficient (Wildman–Crippen LogP) is 3.66. The van der Waals surface area contributed by atoms with E-state index in [0.29, 0.717) is 5.92 Å². The van der Waals surface area contributed by atoms with Crippen LogP contribution in [0.3, 0.4) is 0 Å². The van der Waals surface area contributed by atoms with Crippen LogP contribution in [-0.4, -0.2) is 49.1 Å². The maximum absolute atomic E-state index is 13.5. The molecule has 0 saturated carbocycles. The molecule has 1 N–H and O–H groups in total. The molecule has 26 heavy (non-hydrogen) atoms. The van der Waals surface area contributed by atoms with Gasteiger partial charge in [-0.15, -0.1) is 0 Å². The van der Waals surface area contributed by atoms with Gasteiger partial charge in [0, 0.05) is 43.4 Å². The number of benzene rings is 1. The number of aliphatic imine (C=N–C) groups is 1. The van der Waals surface area contributed by atoms with E-state index in [9.17, 15) is 4.39 Å². The van der Waals surface area contributed by atoms with E-state index in [1.54, 1.807) is 12.1 Å². The Kier molecular flexibility index (Phi) is 6.43. The average Bonchev–Trinajstić information content (AvgIpc) is 3.01. The predicted molar refractivity (Wildman–Crippen MR) is 107 cm³/mol. The number of dihydropyridines is 1. The van der Waals surface area contributed by atoms with E-state index in [4.69, 9.17) is 4.99 Å². The molecular weight excluding hydrogens is 327 g/mol. The minimum absolute atomic E-state index is 0.171. The van der Waals surface area contributed by atoms with Crippen LogP contribution >= 0.6 is 0 Å². The van der Waals surface area contributed by atoms with Crippen LogP contribution in [0.5, 0.6) is 0 Å². The summed E-state index contributed by atoms with van der Waals surface area (Å²) in [6.45, 7) is 10.4. The highest BCUT2D eigenvalue weighted by Crippen LogP contribution is 2.25. The van der Waals surface area contributed by atoms with Gasteiger partial charge >= 0.3 is 0 Å². The Balaban J connectivity index is 1.58. The summed E-state index contributed by atoms with van der Waals surface area (Å²) in [5.41, 5.74) is 2.14. The number of rotatable bonds is 7. The number of nitrogens with zero attached hydrogens (tertiary/aromatic N) is 3. The van der Waals surface area contributed by atoms with Crippen molar-refractivity contribution in [2.24, 2.45) is 10.9 Å². The van der Waals surface area contributed by atoms with Crippen LogP contribution in [0.15, 0.2) is 41.4 Å². The first-order valence-corrected chi connectivity index (χ1v) is 9.87. The highest BCUT2D eigenvalue weighted by atomic mass is 19.1. The standard InChI is InChI=1S/C21H31FN4/c1-4-17-9-10-19(24-21(17)23-5-2)11-12-25-13-14-26(16(25)3)20-8-6-7-18(22)15-20/h6-10,15-17,21,23H,4-5,11-14H2,1-3H3. The lowest BCUT2D eigenvalue weighted by molar-refractivity contribution is 0.278. The van der Waals surface area contributed by atoms with Gasteiger partial charge in [-0.2, -0.15) is 0 Å². The lowest BCUT2D eigenvalue weighted by Gasteiger charge is -2.29. The maximum Gasteiger partial charge on any atom is 0.125 e. The SMILES string of the molecule is CCNC1N=C(CCN2CCN(c3cccc(F)c3)C2C)C=CC1CC. The number of nitrogens with one attached hydrogen (secondary N) is 1. The van der Waals surface area contributed by atoms with Gasteiger partial charge in [0.15, 0.2) is 0 Å². The first-order valence-electron chi connectivity index (χ1n) is 9.87. The minimum Gasteiger partial charge on any atom is -0.355 e. The molecule has 3 unspecified atom stereocenters. The number of anilines is 1. The smallest absolute Gasteiger partial charge is 0.125 e. The molecule has 0 spiro atoms. The monoisotopic (exact) mass is 358 g/mol. The van der Waals surface area contributed by atoms with E-state index in [1.807, 2.05) is 6.07 Å². The molecule has 0 aliphatic carbocycles. The number of hydrogen-bond donors (Lipinski definition) is 1. The summed E-state index contributed by atoms with van der Waals surface area (Å²) in [6.07, 6.45) is 7.06. The van der Waals surface area contributed by atoms with Gasteiger partial charge in [-0.1, -0.05) is 26.0 Å². The first kappa shape index (κ1) is 19.1. The Hall–Kier alpha value is -1.72. The molecule has 0 bridgehead atoms. The van der Waals surface area contributed by atoms with Crippen molar-refractivity contribution < 1.29 is 4.39 Å². The molecule has 3 atom stereocenters. The van der Waals surface area contributed by atoms with E-state index >= 15 is 0 Å². The Morgan fingerprint density at radius 2 is 2.12 bits per heavy atom. The van der Waals surface area contributed by atoms with Crippen LogP contribution in [0, 0.1) is 11.7 Å². The zero-order valence-electron chi connectivity index (χ0n) is 16.2. The van der Waals surface area contributed by atoms with Crippen molar-refractivity contribution in [3.05, 3.63) is 42.2 Å². The summed E-state index contributed by atoms with van der Waals surface area (Å²) in [4.78, 5) is 9.66. The molecule has 4 nitrogen and oxygen atoms in total. The normalized spacial score (nSPS) is 26.4. The van der Waals surface area contributed by atoms with Crippen LogP contribution in [0.4, 0.5) is 10.1 Å². The van der Waals surface area contributed by atoms with Crippen molar-refractivity contribution in [1.82, 2.24) is 10.2 Å². The maximum atomic E-state index is 13.5. The van der Waals surface area contributed by atoms with Crippen LogP contribution in [-0.2, 0) is 0 Å². The molecule has 0 aromatic heterocycles. The summed E-state index contributed by atoms with van der Waals surface area (Å²) in [5.74, 6) is 0.322. The zero-order chi connectivity index (χ0) is 18.5. The number of allylic oxidation sites excluding steroid dienone is 1. The average molecular weight is 359 g/mol. The number of hydrogen-bond acceptors (Lipinski definition) is 4. The van der Waals surface area contributed by atoms with E-state index in [0.717, 1.165) is 44.7 Å². The highest BCUT2D eigenvalue weighted by molar-refractivity contribution is 5.95. The van der Waals surface area contributed by atoms with Crippen LogP contribution < -0.4 is 10.2 Å². The Labute approximate surface area is 156 Å². The second-order valence-electron chi connectivity index (χ2n) is 7.15. The number of halogens is 1. The quantitative estimate of drug-likeness (QED) is 0.807. The molecule has 2 heterocycles. The summed E-state index contributed by atoms with van der Waals surface area (Å²) < 4.78 is 13.5.